The first-order chi connectivity index (χ1) is 10.1. The Labute approximate surface area is 128 Å². The Hall–Kier alpha value is -1.18. The van der Waals surface area contributed by atoms with Crippen molar-refractivity contribution in [3.05, 3.63) is 29.2 Å². The number of rotatable bonds is 4. The lowest BCUT2D eigenvalue weighted by atomic mass is 10.1. The molecule has 0 radical (unpaired) electrons. The zero-order valence-electron chi connectivity index (χ0n) is 11.7. The summed E-state index contributed by atoms with van der Waals surface area (Å²) in [5, 5.41) is 4.54. The lowest BCUT2D eigenvalue weighted by molar-refractivity contribution is 0.171. The molecule has 0 fully saturated rings. The summed E-state index contributed by atoms with van der Waals surface area (Å²) in [6.07, 6.45) is 3.71. The number of thioether (sulfide) groups is 1. The summed E-state index contributed by atoms with van der Waals surface area (Å²) < 4.78 is 34.0. The van der Waals surface area contributed by atoms with E-state index in [1.54, 1.807) is 17.8 Å². The van der Waals surface area contributed by atoms with E-state index in [4.69, 9.17) is 9.47 Å². The van der Waals surface area contributed by atoms with E-state index < -0.39 is 9.84 Å². The van der Waals surface area contributed by atoms with Gasteiger partial charge in [-0.15, -0.1) is 11.8 Å². The number of ether oxygens (including phenoxy) is 2. The Morgan fingerprint density at radius 3 is 2.62 bits per heavy atom. The Bertz CT molecular complexity index is 670. The fourth-order valence-electron chi connectivity index (χ4n) is 2.38. The summed E-state index contributed by atoms with van der Waals surface area (Å²) in [6.45, 7) is 1.72. The van der Waals surface area contributed by atoms with Gasteiger partial charge in [0.05, 0.1) is 5.75 Å². The van der Waals surface area contributed by atoms with Crippen LogP contribution in [0.4, 0.5) is 0 Å². The van der Waals surface area contributed by atoms with E-state index >= 15 is 0 Å². The molecule has 21 heavy (non-hydrogen) atoms. The van der Waals surface area contributed by atoms with Crippen LogP contribution >= 0.6 is 11.8 Å². The predicted octanol–water partition coefficient (Wildman–Crippen LogP) is 1.58. The molecule has 0 spiro atoms. The van der Waals surface area contributed by atoms with Crippen molar-refractivity contribution in [3.63, 3.8) is 0 Å². The van der Waals surface area contributed by atoms with Crippen molar-refractivity contribution in [2.75, 3.05) is 25.2 Å². The highest BCUT2D eigenvalue weighted by Gasteiger charge is 2.22. The van der Waals surface area contributed by atoms with E-state index in [-0.39, 0.29) is 11.8 Å². The van der Waals surface area contributed by atoms with Crippen LogP contribution in [0.5, 0.6) is 11.5 Å². The number of benzene rings is 1. The number of fused-ring (bicyclic) bond motifs is 1. The molecule has 0 amide bonds. The first-order valence-electron chi connectivity index (χ1n) is 6.68. The topological polar surface area (TPSA) is 64.6 Å². The third-order valence-corrected chi connectivity index (χ3v) is 5.65. The van der Waals surface area contributed by atoms with Gasteiger partial charge in [-0.05, 0) is 24.0 Å². The highest BCUT2D eigenvalue weighted by atomic mass is 32.2. The minimum absolute atomic E-state index is 0.127. The van der Waals surface area contributed by atoms with Crippen LogP contribution in [0.15, 0.2) is 28.5 Å². The zero-order chi connectivity index (χ0) is 14.9. The molecule has 0 saturated carbocycles. The number of sulfone groups is 1. The maximum absolute atomic E-state index is 11.4. The molecule has 7 heteroatoms. The predicted molar refractivity (Wildman–Crippen MR) is 82.8 cm³/mol. The second-order valence-corrected chi connectivity index (χ2v) is 7.73. The van der Waals surface area contributed by atoms with Crippen molar-refractivity contribution in [1.29, 1.82) is 0 Å². The first kappa shape index (κ1) is 14.7. The lowest BCUT2D eigenvalue weighted by Gasteiger charge is -2.21. The van der Waals surface area contributed by atoms with Gasteiger partial charge in [0.2, 0.25) is 0 Å². The highest BCUT2D eigenvalue weighted by molar-refractivity contribution is 7.98. The molecular formula is C14H17NO4S2. The van der Waals surface area contributed by atoms with E-state index in [0.29, 0.717) is 19.8 Å². The van der Waals surface area contributed by atoms with Crippen molar-refractivity contribution in [1.82, 2.24) is 5.32 Å². The normalized spacial score (nSPS) is 22.4. The van der Waals surface area contributed by atoms with Gasteiger partial charge in [-0.25, -0.2) is 8.42 Å². The molecule has 0 saturated heterocycles. The summed E-state index contributed by atoms with van der Waals surface area (Å²) in [7, 11) is -3.02. The summed E-state index contributed by atoms with van der Waals surface area (Å²) in [4.78, 5) is 1.11. The van der Waals surface area contributed by atoms with Crippen LogP contribution in [0, 0.1) is 0 Å². The van der Waals surface area contributed by atoms with Gasteiger partial charge in [-0.1, -0.05) is 6.08 Å². The highest BCUT2D eigenvalue weighted by Crippen LogP contribution is 2.36. The molecule has 1 aromatic rings. The average molecular weight is 327 g/mol. The minimum atomic E-state index is -3.02. The van der Waals surface area contributed by atoms with E-state index in [2.05, 4.69) is 5.32 Å². The molecule has 2 heterocycles. The van der Waals surface area contributed by atoms with Crippen LogP contribution in [-0.4, -0.2) is 39.7 Å². The number of hydrogen-bond acceptors (Lipinski definition) is 6. The van der Waals surface area contributed by atoms with E-state index in [1.807, 2.05) is 18.4 Å². The molecule has 1 N–H and O–H groups in total. The smallest absolute Gasteiger partial charge is 0.173 e. The van der Waals surface area contributed by atoms with E-state index in [9.17, 15) is 8.42 Å². The second kappa shape index (κ2) is 5.90. The quantitative estimate of drug-likeness (QED) is 0.847. The van der Waals surface area contributed by atoms with Crippen LogP contribution in [0.1, 0.15) is 5.56 Å². The van der Waals surface area contributed by atoms with Crippen molar-refractivity contribution in [2.45, 2.75) is 17.5 Å². The lowest BCUT2D eigenvalue weighted by Crippen LogP contribution is -2.29. The molecule has 114 valence electrons. The fourth-order valence-corrected chi connectivity index (χ4v) is 4.27. The zero-order valence-corrected chi connectivity index (χ0v) is 13.3. The average Bonchev–Trinajstić information content (AvgIpc) is 2.83. The van der Waals surface area contributed by atoms with Gasteiger partial charge in [0.1, 0.15) is 13.2 Å². The summed E-state index contributed by atoms with van der Waals surface area (Å²) in [5.41, 5.74) is 1.09. The molecule has 5 nitrogen and oxygen atoms in total. The maximum Gasteiger partial charge on any atom is 0.173 e. The van der Waals surface area contributed by atoms with E-state index in [1.165, 1.54) is 5.41 Å². The Morgan fingerprint density at radius 2 is 2.00 bits per heavy atom. The SMILES string of the molecule is CSc1cc2c(cc1CNC1C=CS(=O)(=O)C1)OCCO2. The molecule has 0 bridgehead atoms. The van der Waals surface area contributed by atoms with Crippen molar-refractivity contribution in [3.8, 4) is 11.5 Å². The monoisotopic (exact) mass is 327 g/mol. The van der Waals surface area contributed by atoms with Crippen LogP contribution in [0.3, 0.4) is 0 Å². The molecule has 0 aliphatic carbocycles. The Balaban J connectivity index is 1.74. The van der Waals surface area contributed by atoms with Crippen LogP contribution < -0.4 is 14.8 Å². The van der Waals surface area contributed by atoms with Crippen LogP contribution in [-0.2, 0) is 16.4 Å². The standard InChI is InChI=1S/C14H17NO4S2/c1-20-14-7-13-12(18-3-4-19-13)6-10(14)8-15-11-2-5-21(16,17)9-11/h2,5-7,11,15H,3-4,8-9H2,1H3. The molecule has 2 aliphatic rings. The first-order valence-corrected chi connectivity index (χ1v) is 9.62. The summed E-state index contributed by atoms with van der Waals surface area (Å²) in [5.74, 6) is 1.66. The summed E-state index contributed by atoms with van der Waals surface area (Å²) in [6, 6.07) is 3.83. The molecule has 1 atom stereocenters. The van der Waals surface area contributed by atoms with Crippen molar-refractivity contribution < 1.29 is 17.9 Å². The minimum Gasteiger partial charge on any atom is -0.486 e. The largest absolute Gasteiger partial charge is 0.486 e. The Kier molecular flexibility index (Phi) is 4.14. The molecule has 3 rings (SSSR count). The fraction of sp³-hybridized carbons (Fsp3) is 0.429. The third kappa shape index (κ3) is 3.36. The van der Waals surface area contributed by atoms with Crippen LogP contribution in [0.2, 0.25) is 0 Å². The third-order valence-electron chi connectivity index (χ3n) is 3.43. The van der Waals surface area contributed by atoms with Gasteiger partial charge in [-0.3, -0.25) is 0 Å². The van der Waals surface area contributed by atoms with Crippen molar-refractivity contribution in [2.24, 2.45) is 0 Å². The maximum atomic E-state index is 11.4. The van der Waals surface area contributed by atoms with E-state index in [0.717, 1.165) is 22.0 Å². The number of nitrogens with one attached hydrogen (secondary N) is 1. The van der Waals surface area contributed by atoms with Gasteiger partial charge < -0.3 is 14.8 Å². The van der Waals surface area contributed by atoms with Gasteiger partial charge in [0.25, 0.3) is 0 Å². The molecule has 1 unspecified atom stereocenters. The van der Waals surface area contributed by atoms with Gasteiger partial charge in [0, 0.05) is 22.9 Å². The van der Waals surface area contributed by atoms with Gasteiger partial charge in [0.15, 0.2) is 21.3 Å². The van der Waals surface area contributed by atoms with Gasteiger partial charge >= 0.3 is 0 Å². The van der Waals surface area contributed by atoms with Crippen molar-refractivity contribution >= 4 is 21.6 Å². The molecule has 0 aromatic heterocycles. The van der Waals surface area contributed by atoms with Gasteiger partial charge in [-0.2, -0.15) is 0 Å². The second-order valence-electron chi connectivity index (χ2n) is 4.95. The summed E-state index contributed by atoms with van der Waals surface area (Å²) >= 11 is 1.64. The molecular weight excluding hydrogens is 310 g/mol. The Morgan fingerprint density at radius 1 is 1.29 bits per heavy atom. The molecule has 1 aromatic carbocycles. The number of hydrogen-bond donors (Lipinski definition) is 1. The molecule has 2 aliphatic heterocycles. The van der Waals surface area contributed by atoms with Crippen LogP contribution in [0.25, 0.3) is 0 Å².